The molecule has 0 spiro atoms. The van der Waals surface area contributed by atoms with Gasteiger partial charge in [-0.1, -0.05) is 30.8 Å². The molecule has 1 aromatic heterocycles. The molecule has 3 atom stereocenters. The van der Waals surface area contributed by atoms with E-state index in [1.54, 1.807) is 7.11 Å². The molecule has 0 aliphatic carbocycles. The Morgan fingerprint density at radius 1 is 1.21 bits per heavy atom. The Balaban J connectivity index is 1.77. The lowest BCUT2D eigenvalue weighted by Crippen LogP contribution is -2.29. The van der Waals surface area contributed by atoms with Crippen molar-refractivity contribution in [2.24, 2.45) is 4.99 Å². The normalized spacial score (nSPS) is 23.5. The highest BCUT2D eigenvalue weighted by atomic mass is 32.2. The second kappa shape index (κ2) is 8.03. The van der Waals surface area contributed by atoms with Crippen LogP contribution in [0.2, 0.25) is 0 Å². The molecule has 5 nitrogen and oxygen atoms in total. The summed E-state index contributed by atoms with van der Waals surface area (Å²) in [7, 11) is 1.76. The number of nitrogens with zero attached hydrogens (tertiary/aromatic N) is 4. The first kappa shape index (κ1) is 19.1. The van der Waals surface area contributed by atoms with Crippen LogP contribution in [0, 0.1) is 0 Å². The summed E-state index contributed by atoms with van der Waals surface area (Å²) in [5, 5.41) is 1.68. The third-order valence-electron chi connectivity index (χ3n) is 5.55. The molecule has 1 saturated heterocycles. The highest BCUT2D eigenvalue weighted by Crippen LogP contribution is 2.49. The van der Waals surface area contributed by atoms with E-state index >= 15 is 0 Å². The van der Waals surface area contributed by atoms with Crippen LogP contribution in [0.25, 0.3) is 0 Å². The van der Waals surface area contributed by atoms with Gasteiger partial charge in [0.15, 0.2) is 5.17 Å². The maximum atomic E-state index is 5.87. The van der Waals surface area contributed by atoms with Crippen molar-refractivity contribution in [3.8, 4) is 5.75 Å². The first-order valence-electron chi connectivity index (χ1n) is 10.0. The number of pyridine rings is 1. The lowest BCUT2D eigenvalue weighted by atomic mass is 9.95. The molecule has 1 aromatic carbocycles. The summed E-state index contributed by atoms with van der Waals surface area (Å²) >= 11 is 1.86. The van der Waals surface area contributed by atoms with Gasteiger partial charge in [-0.2, -0.15) is 0 Å². The van der Waals surface area contributed by atoms with Crippen molar-refractivity contribution in [2.45, 2.75) is 38.1 Å². The summed E-state index contributed by atoms with van der Waals surface area (Å²) in [4.78, 5) is 14.5. The van der Waals surface area contributed by atoms with E-state index < -0.39 is 0 Å². The summed E-state index contributed by atoms with van der Waals surface area (Å²) in [5.74, 6) is 0.927. The quantitative estimate of drug-likeness (QED) is 0.718. The van der Waals surface area contributed by atoms with E-state index in [-0.39, 0.29) is 12.1 Å². The van der Waals surface area contributed by atoms with E-state index in [1.807, 2.05) is 30.1 Å². The predicted octanol–water partition coefficient (Wildman–Crippen LogP) is 4.53. The zero-order valence-electron chi connectivity index (χ0n) is 17.0. The van der Waals surface area contributed by atoms with Crippen LogP contribution in [0.15, 0.2) is 47.6 Å². The van der Waals surface area contributed by atoms with Gasteiger partial charge in [-0.25, -0.2) is 0 Å². The van der Waals surface area contributed by atoms with Crippen LogP contribution in [-0.2, 0) is 0 Å². The average Bonchev–Trinajstić information content (AvgIpc) is 3.25. The lowest BCUT2D eigenvalue weighted by Gasteiger charge is -2.30. The molecule has 6 heteroatoms. The Morgan fingerprint density at radius 2 is 2.04 bits per heavy atom. The SMILES string of the molecule is CCN(CC)c1ccc([C@@H]2[C@H](c3ccccn3)N=C3S[C@H](C)CN32)c(OC)c1. The third kappa shape index (κ3) is 3.34. The van der Waals surface area contributed by atoms with Crippen molar-refractivity contribution in [1.82, 2.24) is 9.88 Å². The summed E-state index contributed by atoms with van der Waals surface area (Å²) in [6.45, 7) is 9.58. The monoisotopic (exact) mass is 396 g/mol. The summed E-state index contributed by atoms with van der Waals surface area (Å²) < 4.78 is 5.87. The minimum absolute atomic E-state index is 0.00981. The van der Waals surface area contributed by atoms with Crippen LogP contribution in [0.3, 0.4) is 0 Å². The first-order valence-corrected chi connectivity index (χ1v) is 10.9. The fourth-order valence-corrected chi connectivity index (χ4v) is 5.28. The molecule has 0 amide bonds. The molecule has 3 heterocycles. The van der Waals surface area contributed by atoms with E-state index in [2.05, 4.69) is 59.8 Å². The minimum atomic E-state index is -0.00981. The molecule has 28 heavy (non-hydrogen) atoms. The number of methoxy groups -OCH3 is 1. The van der Waals surface area contributed by atoms with Gasteiger partial charge in [-0.3, -0.25) is 9.98 Å². The van der Waals surface area contributed by atoms with Crippen LogP contribution in [0.5, 0.6) is 5.75 Å². The Bertz CT molecular complexity index is 853. The zero-order valence-corrected chi connectivity index (χ0v) is 17.8. The van der Waals surface area contributed by atoms with E-state index in [0.29, 0.717) is 5.25 Å². The van der Waals surface area contributed by atoms with Crippen molar-refractivity contribution in [3.63, 3.8) is 0 Å². The van der Waals surface area contributed by atoms with Crippen LogP contribution >= 0.6 is 11.8 Å². The molecule has 0 bridgehead atoms. The van der Waals surface area contributed by atoms with Gasteiger partial charge in [-0.05, 0) is 32.0 Å². The molecule has 1 fully saturated rings. The van der Waals surface area contributed by atoms with Gasteiger partial charge >= 0.3 is 0 Å². The predicted molar refractivity (Wildman–Crippen MR) is 117 cm³/mol. The number of amidine groups is 1. The number of ether oxygens (including phenoxy) is 1. The molecule has 2 aliphatic rings. The molecule has 0 N–H and O–H groups in total. The van der Waals surface area contributed by atoms with Gasteiger partial charge in [0.25, 0.3) is 0 Å². The first-order chi connectivity index (χ1) is 13.7. The Hall–Kier alpha value is -2.21. The van der Waals surface area contributed by atoms with Crippen LogP contribution in [0.1, 0.15) is 44.1 Å². The Labute approximate surface area is 171 Å². The van der Waals surface area contributed by atoms with Crippen LogP contribution < -0.4 is 9.64 Å². The summed E-state index contributed by atoms with van der Waals surface area (Å²) in [6.07, 6.45) is 1.85. The minimum Gasteiger partial charge on any atom is -0.496 e. The fourth-order valence-electron chi connectivity index (χ4n) is 4.18. The standard InChI is InChI=1S/C22H28N4OS/c1-5-25(6-2)16-10-11-17(19(13-16)27-4)21-20(18-9-7-8-12-23-18)24-22-26(21)14-15(3)28-22/h7-13,15,20-21H,5-6,14H2,1-4H3/t15-,20+,21-/m1/s1. The van der Waals surface area contributed by atoms with Crippen molar-refractivity contribution in [2.75, 3.05) is 31.6 Å². The molecular weight excluding hydrogens is 368 g/mol. The highest BCUT2D eigenvalue weighted by Gasteiger charge is 2.44. The molecule has 2 aromatic rings. The van der Waals surface area contributed by atoms with Crippen LogP contribution in [0.4, 0.5) is 5.69 Å². The zero-order chi connectivity index (χ0) is 19.7. The molecule has 4 rings (SSSR count). The molecule has 0 radical (unpaired) electrons. The van der Waals surface area contributed by atoms with E-state index in [4.69, 9.17) is 9.73 Å². The number of aliphatic imine (C=N–C) groups is 1. The van der Waals surface area contributed by atoms with Crippen LogP contribution in [-0.4, -0.2) is 47.0 Å². The summed E-state index contributed by atoms with van der Waals surface area (Å²) in [5.41, 5.74) is 3.39. The number of aromatic nitrogens is 1. The number of rotatable bonds is 6. The number of hydrogen-bond acceptors (Lipinski definition) is 6. The Kier molecular flexibility index (Phi) is 5.49. The smallest absolute Gasteiger partial charge is 0.160 e. The second-order valence-electron chi connectivity index (χ2n) is 7.24. The van der Waals surface area contributed by atoms with Gasteiger partial charge in [0.1, 0.15) is 11.8 Å². The van der Waals surface area contributed by atoms with Gasteiger partial charge in [0.2, 0.25) is 0 Å². The molecule has 148 valence electrons. The number of anilines is 1. The molecule has 0 unspecified atom stereocenters. The van der Waals surface area contributed by atoms with Gasteiger partial charge in [0, 0.05) is 48.4 Å². The third-order valence-corrected chi connectivity index (χ3v) is 6.65. The van der Waals surface area contributed by atoms with E-state index in [0.717, 1.165) is 36.2 Å². The molecule has 0 saturated carbocycles. The summed E-state index contributed by atoms with van der Waals surface area (Å²) in [6, 6.07) is 12.8. The largest absolute Gasteiger partial charge is 0.496 e. The van der Waals surface area contributed by atoms with Crippen molar-refractivity contribution in [1.29, 1.82) is 0 Å². The molecular formula is C22H28N4OS. The van der Waals surface area contributed by atoms with E-state index in [9.17, 15) is 0 Å². The topological polar surface area (TPSA) is 41.0 Å². The number of benzene rings is 1. The van der Waals surface area contributed by atoms with Crippen molar-refractivity contribution < 1.29 is 4.74 Å². The van der Waals surface area contributed by atoms with Gasteiger partial charge < -0.3 is 14.5 Å². The number of thioether (sulfide) groups is 1. The Morgan fingerprint density at radius 3 is 2.71 bits per heavy atom. The maximum Gasteiger partial charge on any atom is 0.160 e. The average molecular weight is 397 g/mol. The van der Waals surface area contributed by atoms with Crippen molar-refractivity contribution >= 4 is 22.6 Å². The number of hydrogen-bond donors (Lipinski definition) is 0. The fraction of sp³-hybridized carbons (Fsp3) is 0.455. The van der Waals surface area contributed by atoms with E-state index in [1.165, 1.54) is 11.3 Å². The van der Waals surface area contributed by atoms with Gasteiger partial charge in [0.05, 0.1) is 18.8 Å². The number of fused-ring (bicyclic) bond motifs is 1. The molecule has 2 aliphatic heterocycles. The maximum absolute atomic E-state index is 5.87. The van der Waals surface area contributed by atoms with Crippen molar-refractivity contribution in [3.05, 3.63) is 53.9 Å². The lowest BCUT2D eigenvalue weighted by molar-refractivity contribution is 0.307. The highest BCUT2D eigenvalue weighted by molar-refractivity contribution is 8.14. The second-order valence-corrected chi connectivity index (χ2v) is 8.64. The van der Waals surface area contributed by atoms with Gasteiger partial charge in [-0.15, -0.1) is 0 Å².